The Morgan fingerprint density at radius 1 is 1.62 bits per heavy atom. The van der Waals surface area contributed by atoms with E-state index in [1.54, 1.807) is 0 Å². The average molecular weight is 193 g/mol. The first-order valence-electron chi connectivity index (χ1n) is 4.18. The van der Waals surface area contributed by atoms with Crippen LogP contribution in [0.5, 0.6) is 0 Å². The van der Waals surface area contributed by atoms with E-state index in [4.69, 9.17) is 18.0 Å². The third-order valence-corrected chi connectivity index (χ3v) is 2.58. The van der Waals surface area contributed by atoms with Crippen LogP contribution >= 0.6 is 12.2 Å². The van der Waals surface area contributed by atoms with Crippen molar-refractivity contribution in [2.24, 2.45) is 16.6 Å². The van der Waals surface area contributed by atoms with Crippen LogP contribution in [0.15, 0.2) is 28.8 Å². The molecule has 68 valence electrons. The summed E-state index contributed by atoms with van der Waals surface area (Å²) in [5, 5.41) is 3.60. The highest BCUT2D eigenvalue weighted by atomic mass is 32.1. The van der Waals surface area contributed by atoms with Crippen molar-refractivity contribution in [3.05, 3.63) is 23.8 Å². The molecule has 13 heavy (non-hydrogen) atoms. The number of aliphatic imine (C=N–C) groups is 1. The Balaban J connectivity index is 2.39. The lowest BCUT2D eigenvalue weighted by Crippen LogP contribution is -2.49. The summed E-state index contributed by atoms with van der Waals surface area (Å²) in [4.78, 5) is 4.06. The average Bonchev–Trinajstić information content (AvgIpc) is 2.02. The van der Waals surface area contributed by atoms with Gasteiger partial charge in [-0.15, -0.1) is 0 Å². The first-order chi connectivity index (χ1) is 6.18. The summed E-state index contributed by atoms with van der Waals surface area (Å²) in [5.41, 5.74) is 7.04. The van der Waals surface area contributed by atoms with Crippen LogP contribution in [0.4, 0.5) is 0 Å². The molecule has 4 heteroatoms. The lowest BCUT2D eigenvalue weighted by molar-refractivity contribution is 0.607. The number of hydrogen-bond acceptors (Lipinski definition) is 2. The number of hydrogen-bond donors (Lipinski definition) is 2. The summed E-state index contributed by atoms with van der Waals surface area (Å²) in [6.45, 7) is 2.06. The van der Waals surface area contributed by atoms with E-state index >= 15 is 0 Å². The van der Waals surface area contributed by atoms with E-state index in [9.17, 15) is 0 Å². The molecule has 0 bridgehead atoms. The second kappa shape index (κ2) is 2.96. The number of nitrogens with one attached hydrogen (secondary N) is 1. The van der Waals surface area contributed by atoms with Gasteiger partial charge in [0, 0.05) is 0 Å². The fraction of sp³-hybridized carbons (Fsp3) is 0.333. The second-order valence-corrected chi connectivity index (χ2v) is 3.67. The van der Waals surface area contributed by atoms with E-state index in [-0.39, 0.29) is 12.0 Å². The Morgan fingerprint density at radius 2 is 2.38 bits per heavy atom. The molecule has 1 aliphatic heterocycles. The maximum Gasteiger partial charge on any atom is 0.194 e. The Morgan fingerprint density at radius 3 is 3.15 bits per heavy atom. The molecule has 0 radical (unpaired) electrons. The molecule has 2 unspecified atom stereocenters. The van der Waals surface area contributed by atoms with Crippen LogP contribution in [-0.2, 0) is 0 Å². The zero-order valence-corrected chi connectivity index (χ0v) is 8.14. The molecule has 2 rings (SSSR count). The van der Waals surface area contributed by atoms with E-state index in [0.717, 1.165) is 0 Å². The van der Waals surface area contributed by atoms with Crippen molar-refractivity contribution in [1.82, 2.24) is 5.32 Å². The summed E-state index contributed by atoms with van der Waals surface area (Å²) in [7, 11) is 0. The Kier molecular flexibility index (Phi) is 1.92. The van der Waals surface area contributed by atoms with Crippen LogP contribution in [0.25, 0.3) is 0 Å². The van der Waals surface area contributed by atoms with E-state index in [1.165, 1.54) is 5.57 Å². The Labute approximate surface area is 82.4 Å². The molecule has 3 N–H and O–H groups in total. The van der Waals surface area contributed by atoms with E-state index in [2.05, 4.69) is 29.4 Å². The van der Waals surface area contributed by atoms with Gasteiger partial charge >= 0.3 is 0 Å². The molecule has 2 atom stereocenters. The van der Waals surface area contributed by atoms with Gasteiger partial charge in [-0.3, -0.25) is 0 Å². The highest BCUT2D eigenvalue weighted by Gasteiger charge is 2.30. The van der Waals surface area contributed by atoms with Crippen LogP contribution in [0.3, 0.4) is 0 Å². The molecule has 0 aromatic carbocycles. The van der Waals surface area contributed by atoms with Crippen molar-refractivity contribution in [2.75, 3.05) is 0 Å². The van der Waals surface area contributed by atoms with Crippen molar-refractivity contribution in [2.45, 2.75) is 13.0 Å². The third kappa shape index (κ3) is 1.37. The van der Waals surface area contributed by atoms with Gasteiger partial charge in [0.15, 0.2) is 5.11 Å². The molecular weight excluding hydrogens is 182 g/mol. The molecule has 0 saturated heterocycles. The topological polar surface area (TPSA) is 50.4 Å². The largest absolute Gasteiger partial charge is 0.386 e. The van der Waals surface area contributed by atoms with Gasteiger partial charge in [0.2, 0.25) is 0 Å². The zero-order chi connectivity index (χ0) is 9.42. The number of thiocarbonyl (C=S) groups is 1. The minimum Gasteiger partial charge on any atom is -0.386 e. The van der Waals surface area contributed by atoms with Crippen molar-refractivity contribution in [1.29, 1.82) is 0 Å². The number of amidine groups is 1. The number of nitrogens with two attached hydrogens (primary N) is 1. The van der Waals surface area contributed by atoms with E-state index < -0.39 is 0 Å². The number of fused-ring (bicyclic) bond motifs is 1. The molecule has 0 spiro atoms. The van der Waals surface area contributed by atoms with Crippen LogP contribution in [-0.4, -0.2) is 17.0 Å². The fourth-order valence-electron chi connectivity index (χ4n) is 1.74. The Bertz CT molecular complexity index is 341. The predicted molar refractivity (Wildman–Crippen MR) is 57.5 cm³/mol. The minimum atomic E-state index is 0.177. The lowest BCUT2D eigenvalue weighted by Gasteiger charge is -2.32. The molecule has 1 heterocycles. The molecule has 1 aliphatic carbocycles. The van der Waals surface area contributed by atoms with Crippen molar-refractivity contribution in [3.8, 4) is 0 Å². The van der Waals surface area contributed by atoms with Crippen LogP contribution in [0.2, 0.25) is 0 Å². The van der Waals surface area contributed by atoms with Gasteiger partial charge in [0.05, 0.1) is 12.0 Å². The van der Waals surface area contributed by atoms with Crippen molar-refractivity contribution in [3.63, 3.8) is 0 Å². The monoisotopic (exact) mass is 193 g/mol. The number of allylic oxidation sites excluding steroid dienone is 2. The standard InChI is InChI=1S/C9H11N3S/c1-5-3-2-4-6-7(5)8(10)12-9(13)11-6/h2-4,6-7H,1H3,(H3,10,11,12,13). The zero-order valence-electron chi connectivity index (χ0n) is 7.32. The van der Waals surface area contributed by atoms with Crippen LogP contribution in [0, 0.1) is 5.92 Å². The third-order valence-electron chi connectivity index (χ3n) is 2.37. The molecule has 0 fully saturated rings. The van der Waals surface area contributed by atoms with Gasteiger partial charge in [0.25, 0.3) is 0 Å². The predicted octanol–water partition coefficient (Wildman–Crippen LogP) is 0.733. The Hall–Kier alpha value is -1.16. The van der Waals surface area contributed by atoms with Gasteiger partial charge in [-0.25, -0.2) is 4.99 Å². The van der Waals surface area contributed by atoms with E-state index in [0.29, 0.717) is 10.9 Å². The maximum atomic E-state index is 5.82. The van der Waals surface area contributed by atoms with Crippen molar-refractivity contribution >= 4 is 23.2 Å². The van der Waals surface area contributed by atoms with E-state index in [1.807, 2.05) is 6.08 Å². The van der Waals surface area contributed by atoms with Crippen molar-refractivity contribution < 1.29 is 0 Å². The second-order valence-electron chi connectivity index (χ2n) is 3.29. The van der Waals surface area contributed by atoms with Crippen LogP contribution in [0.1, 0.15) is 6.92 Å². The molecule has 3 nitrogen and oxygen atoms in total. The number of rotatable bonds is 0. The fourth-order valence-corrected chi connectivity index (χ4v) is 1.98. The molecular formula is C9H11N3S. The summed E-state index contributed by atoms with van der Waals surface area (Å²) in [6.07, 6.45) is 6.13. The van der Waals surface area contributed by atoms with Gasteiger partial charge in [-0.1, -0.05) is 23.8 Å². The summed E-state index contributed by atoms with van der Waals surface area (Å²) >= 11 is 4.96. The smallest absolute Gasteiger partial charge is 0.194 e. The summed E-state index contributed by atoms with van der Waals surface area (Å²) < 4.78 is 0. The first kappa shape index (κ1) is 8.44. The SMILES string of the molecule is CC1=CC=CC2NC(=S)N=C(N)C12. The maximum absolute atomic E-state index is 5.82. The molecule has 2 aliphatic rings. The molecule has 0 aromatic rings. The van der Waals surface area contributed by atoms with Gasteiger partial charge in [0.1, 0.15) is 5.84 Å². The molecule has 0 aromatic heterocycles. The van der Waals surface area contributed by atoms with Crippen LogP contribution < -0.4 is 11.1 Å². The van der Waals surface area contributed by atoms with Gasteiger partial charge in [-0.05, 0) is 19.1 Å². The van der Waals surface area contributed by atoms with Gasteiger partial charge in [-0.2, -0.15) is 0 Å². The summed E-state index contributed by atoms with van der Waals surface area (Å²) in [5.74, 6) is 0.795. The number of nitrogens with zero attached hydrogens (tertiary/aromatic N) is 1. The highest BCUT2D eigenvalue weighted by molar-refractivity contribution is 7.80. The minimum absolute atomic E-state index is 0.177. The lowest BCUT2D eigenvalue weighted by atomic mass is 9.86. The summed E-state index contributed by atoms with van der Waals surface area (Å²) in [6, 6.07) is 0.190. The van der Waals surface area contributed by atoms with Gasteiger partial charge < -0.3 is 11.1 Å². The quantitative estimate of drug-likeness (QED) is 0.558. The highest BCUT2D eigenvalue weighted by Crippen LogP contribution is 2.23. The molecule has 0 amide bonds. The normalized spacial score (nSPS) is 31.6. The molecule has 0 saturated carbocycles. The first-order valence-corrected chi connectivity index (χ1v) is 4.59.